The summed E-state index contributed by atoms with van der Waals surface area (Å²) in [6.07, 6.45) is 4.62. The lowest BCUT2D eigenvalue weighted by atomic mass is 9.47. The van der Waals surface area contributed by atoms with Gasteiger partial charge in [-0.25, -0.2) is 0 Å². The van der Waals surface area contributed by atoms with E-state index in [1.54, 1.807) is 0 Å². The monoisotopic (exact) mass is 195 g/mol. The first-order chi connectivity index (χ1) is 6.72. The van der Waals surface area contributed by atoms with Crippen LogP contribution in [0.2, 0.25) is 0 Å². The van der Waals surface area contributed by atoms with Crippen molar-refractivity contribution in [3.63, 3.8) is 0 Å². The molecule has 4 aliphatic rings. The highest BCUT2D eigenvalue weighted by Crippen LogP contribution is 2.60. The molecule has 4 fully saturated rings. The molecule has 0 radical (unpaired) electrons. The summed E-state index contributed by atoms with van der Waals surface area (Å²) in [6.45, 7) is 1.96. The van der Waals surface area contributed by atoms with E-state index in [1.807, 2.05) is 0 Å². The Morgan fingerprint density at radius 3 is 2.71 bits per heavy atom. The highest BCUT2D eigenvalue weighted by molar-refractivity contribution is 5.72. The topological polar surface area (TPSA) is 49.3 Å². The van der Waals surface area contributed by atoms with E-state index in [4.69, 9.17) is 0 Å². The second kappa shape index (κ2) is 2.72. The van der Waals surface area contributed by atoms with E-state index < -0.39 is 5.97 Å². The third kappa shape index (κ3) is 0.937. The molecule has 2 bridgehead atoms. The molecule has 0 aromatic rings. The fraction of sp³-hybridized carbons (Fsp3) is 0.909. The van der Waals surface area contributed by atoms with Gasteiger partial charge in [0, 0.05) is 12.0 Å². The molecule has 2 unspecified atom stereocenters. The van der Waals surface area contributed by atoms with Crippen LogP contribution in [0.25, 0.3) is 0 Å². The summed E-state index contributed by atoms with van der Waals surface area (Å²) in [5.41, 5.74) is 0.126. The predicted molar refractivity (Wildman–Crippen MR) is 51.9 cm³/mol. The van der Waals surface area contributed by atoms with Gasteiger partial charge >= 0.3 is 5.97 Å². The quantitative estimate of drug-likeness (QED) is 0.658. The third-order valence-corrected chi connectivity index (χ3v) is 4.83. The predicted octanol–water partition coefficient (Wildman–Crippen LogP) is 1.10. The average Bonchev–Trinajstić information content (AvgIpc) is 2.51. The van der Waals surface area contributed by atoms with Crippen molar-refractivity contribution in [3.8, 4) is 0 Å². The van der Waals surface area contributed by atoms with Crippen molar-refractivity contribution in [3.05, 3.63) is 0 Å². The average molecular weight is 195 g/mol. The second-order valence-corrected chi connectivity index (χ2v) is 5.32. The smallest absolute Gasteiger partial charge is 0.307 e. The number of hydrogen-bond acceptors (Lipinski definition) is 2. The number of rotatable bonds is 1. The fourth-order valence-corrected chi connectivity index (χ4v) is 3.97. The zero-order chi connectivity index (χ0) is 9.76. The van der Waals surface area contributed by atoms with Crippen LogP contribution in [-0.4, -0.2) is 24.2 Å². The molecule has 4 rings (SSSR count). The number of hydrogen-bond donors (Lipinski definition) is 2. The van der Waals surface area contributed by atoms with Gasteiger partial charge in [0.1, 0.15) is 0 Å². The van der Waals surface area contributed by atoms with Crippen LogP contribution in [0.3, 0.4) is 0 Å². The summed E-state index contributed by atoms with van der Waals surface area (Å²) in [6, 6.07) is 0. The lowest BCUT2D eigenvalue weighted by Gasteiger charge is -2.56. The van der Waals surface area contributed by atoms with Crippen LogP contribution in [0.1, 0.15) is 25.7 Å². The molecule has 2 atom stereocenters. The van der Waals surface area contributed by atoms with Gasteiger partial charge in [-0.15, -0.1) is 0 Å². The highest BCUT2D eigenvalue weighted by Gasteiger charge is 2.59. The molecule has 14 heavy (non-hydrogen) atoms. The summed E-state index contributed by atoms with van der Waals surface area (Å²) >= 11 is 0. The summed E-state index contributed by atoms with van der Waals surface area (Å²) in [5, 5.41) is 12.6. The lowest BCUT2D eigenvalue weighted by Crippen LogP contribution is -2.54. The Balaban J connectivity index is 1.92. The summed E-state index contributed by atoms with van der Waals surface area (Å²) < 4.78 is 0. The Kier molecular flexibility index (Phi) is 1.69. The first-order valence-electron chi connectivity index (χ1n) is 5.66. The van der Waals surface area contributed by atoms with Crippen molar-refractivity contribution in [1.82, 2.24) is 5.32 Å². The maximum Gasteiger partial charge on any atom is 0.307 e. The van der Waals surface area contributed by atoms with E-state index in [9.17, 15) is 9.90 Å². The summed E-state index contributed by atoms with van der Waals surface area (Å²) in [7, 11) is 0. The summed E-state index contributed by atoms with van der Waals surface area (Å²) in [5.74, 6) is 0.822. The van der Waals surface area contributed by atoms with Gasteiger partial charge in [0.2, 0.25) is 0 Å². The Morgan fingerprint density at radius 1 is 1.36 bits per heavy atom. The molecule has 2 N–H and O–H groups in total. The van der Waals surface area contributed by atoms with Crippen LogP contribution >= 0.6 is 0 Å². The molecular formula is C11H17NO2. The third-order valence-electron chi connectivity index (χ3n) is 4.83. The zero-order valence-corrected chi connectivity index (χ0v) is 8.33. The maximum atomic E-state index is 11.3. The molecule has 3 heteroatoms. The van der Waals surface area contributed by atoms with Crippen LogP contribution < -0.4 is 5.32 Å². The largest absolute Gasteiger partial charge is 0.481 e. The second-order valence-electron chi connectivity index (χ2n) is 5.32. The number of carboxylic acid groups (broad SMARTS) is 1. The summed E-state index contributed by atoms with van der Waals surface area (Å²) in [4.78, 5) is 11.3. The molecule has 3 nitrogen and oxygen atoms in total. The molecule has 3 saturated carbocycles. The van der Waals surface area contributed by atoms with Crippen molar-refractivity contribution < 1.29 is 9.90 Å². The van der Waals surface area contributed by atoms with Gasteiger partial charge < -0.3 is 10.4 Å². The van der Waals surface area contributed by atoms with Crippen molar-refractivity contribution in [2.45, 2.75) is 25.7 Å². The normalized spacial score (nSPS) is 50.4. The highest BCUT2D eigenvalue weighted by atomic mass is 16.4. The molecule has 0 aromatic heterocycles. The van der Waals surface area contributed by atoms with Gasteiger partial charge in [-0.1, -0.05) is 0 Å². The Labute approximate surface area is 83.9 Å². The molecule has 3 aliphatic carbocycles. The molecule has 0 aromatic carbocycles. The number of carboxylic acids is 1. The van der Waals surface area contributed by atoms with Gasteiger partial charge in [-0.3, -0.25) is 4.79 Å². The van der Waals surface area contributed by atoms with E-state index in [0.717, 1.165) is 31.8 Å². The van der Waals surface area contributed by atoms with Gasteiger partial charge in [0.15, 0.2) is 0 Å². The van der Waals surface area contributed by atoms with Gasteiger partial charge in [-0.2, -0.15) is 0 Å². The Hall–Kier alpha value is -0.570. The molecule has 1 aliphatic heterocycles. The van der Waals surface area contributed by atoms with Gasteiger partial charge in [0.25, 0.3) is 0 Å². The molecule has 0 amide bonds. The minimum Gasteiger partial charge on any atom is -0.481 e. The van der Waals surface area contributed by atoms with Crippen LogP contribution in [0.5, 0.6) is 0 Å². The number of fused-ring (bicyclic) bond motifs is 1. The zero-order valence-electron chi connectivity index (χ0n) is 8.33. The van der Waals surface area contributed by atoms with E-state index >= 15 is 0 Å². The van der Waals surface area contributed by atoms with Crippen molar-refractivity contribution in [2.24, 2.45) is 23.2 Å². The molecule has 1 saturated heterocycles. The molecule has 1 heterocycles. The fourth-order valence-electron chi connectivity index (χ4n) is 3.97. The van der Waals surface area contributed by atoms with Crippen LogP contribution in [-0.2, 0) is 4.79 Å². The molecular weight excluding hydrogens is 178 g/mol. The standard InChI is InChI=1S/C11H17NO2/c13-10(14)9-5-7-3-8(4-7)11(9)1-2-12-6-11/h7-9,12H,1-6H2,(H,13,14). The van der Waals surface area contributed by atoms with Gasteiger partial charge in [-0.05, 0) is 44.1 Å². The van der Waals surface area contributed by atoms with E-state index in [2.05, 4.69) is 5.32 Å². The van der Waals surface area contributed by atoms with Crippen LogP contribution in [0.15, 0.2) is 0 Å². The SMILES string of the molecule is O=C(O)C1CC2CC(C2)C12CCNC2. The first-order valence-corrected chi connectivity index (χ1v) is 5.66. The van der Waals surface area contributed by atoms with Crippen molar-refractivity contribution >= 4 is 5.97 Å². The Bertz CT molecular complexity index is 264. The van der Waals surface area contributed by atoms with Gasteiger partial charge in [0.05, 0.1) is 5.92 Å². The van der Waals surface area contributed by atoms with E-state index in [0.29, 0.717) is 5.92 Å². The number of aliphatic carboxylic acids is 1. The van der Waals surface area contributed by atoms with Crippen LogP contribution in [0.4, 0.5) is 0 Å². The Morgan fingerprint density at radius 2 is 2.14 bits per heavy atom. The first kappa shape index (κ1) is 8.72. The van der Waals surface area contributed by atoms with Crippen molar-refractivity contribution in [2.75, 3.05) is 13.1 Å². The van der Waals surface area contributed by atoms with E-state index in [1.165, 1.54) is 12.8 Å². The van der Waals surface area contributed by atoms with E-state index in [-0.39, 0.29) is 11.3 Å². The molecule has 78 valence electrons. The molecule has 1 spiro atoms. The minimum atomic E-state index is -0.553. The van der Waals surface area contributed by atoms with Crippen LogP contribution in [0, 0.1) is 23.2 Å². The van der Waals surface area contributed by atoms with Crippen molar-refractivity contribution in [1.29, 1.82) is 0 Å². The number of nitrogens with one attached hydrogen (secondary N) is 1. The number of carbonyl (C=O) groups is 1. The lowest BCUT2D eigenvalue weighted by molar-refractivity contribution is -0.161. The minimum absolute atomic E-state index is 0.0602. The maximum absolute atomic E-state index is 11.3.